The molecule has 136 valence electrons. The fourth-order valence-corrected chi connectivity index (χ4v) is 2.96. The smallest absolute Gasteiger partial charge is 0.387 e. The maximum absolute atomic E-state index is 12.6. The molecule has 0 saturated carbocycles. The third-order valence-corrected chi connectivity index (χ3v) is 4.20. The van der Waals surface area contributed by atoms with Gasteiger partial charge in [0.25, 0.3) is 0 Å². The highest BCUT2D eigenvalue weighted by molar-refractivity contribution is 5.98. The number of fused-ring (bicyclic) bond motifs is 1. The Morgan fingerprint density at radius 3 is 2.54 bits per heavy atom. The zero-order chi connectivity index (χ0) is 18.7. The molecular formula is C19H17F2NO4. The summed E-state index contributed by atoms with van der Waals surface area (Å²) in [4.78, 5) is 25.9. The number of rotatable bonds is 5. The molecule has 7 heteroatoms. The summed E-state index contributed by atoms with van der Waals surface area (Å²) in [5.41, 5.74) is 2.86. The number of amides is 1. The first-order chi connectivity index (χ1) is 12.5. The van der Waals surface area contributed by atoms with E-state index in [9.17, 15) is 18.4 Å². The lowest BCUT2D eigenvalue weighted by molar-refractivity contribution is -0.117. The Bertz CT molecular complexity index is 821. The lowest BCUT2D eigenvalue weighted by Gasteiger charge is -2.17. The van der Waals surface area contributed by atoms with Crippen LogP contribution in [-0.2, 0) is 22.4 Å². The quantitative estimate of drug-likeness (QED) is 0.768. The van der Waals surface area contributed by atoms with Gasteiger partial charge in [-0.3, -0.25) is 4.79 Å². The minimum Gasteiger partial charge on any atom is -0.465 e. The van der Waals surface area contributed by atoms with E-state index in [4.69, 9.17) is 4.74 Å². The molecular weight excluding hydrogens is 344 g/mol. The number of benzene rings is 2. The van der Waals surface area contributed by atoms with Crippen LogP contribution in [0.4, 0.5) is 14.5 Å². The topological polar surface area (TPSA) is 55.8 Å². The number of esters is 1. The molecule has 2 aromatic rings. The van der Waals surface area contributed by atoms with E-state index in [0.717, 1.165) is 11.3 Å². The third kappa shape index (κ3) is 3.82. The number of alkyl halides is 2. The van der Waals surface area contributed by atoms with E-state index in [-0.39, 0.29) is 18.1 Å². The van der Waals surface area contributed by atoms with Crippen LogP contribution < -0.4 is 9.64 Å². The highest BCUT2D eigenvalue weighted by atomic mass is 19.3. The van der Waals surface area contributed by atoms with Gasteiger partial charge in [0.15, 0.2) is 0 Å². The molecule has 2 aromatic carbocycles. The SMILES string of the molecule is COC(=O)c1ccc2c(c1)CCN2C(=O)Cc1ccc(OC(F)F)cc1. The molecule has 3 rings (SSSR count). The van der Waals surface area contributed by atoms with Crippen molar-refractivity contribution in [2.75, 3.05) is 18.6 Å². The van der Waals surface area contributed by atoms with Crippen LogP contribution in [0.1, 0.15) is 21.5 Å². The first-order valence-corrected chi connectivity index (χ1v) is 8.03. The highest BCUT2D eigenvalue weighted by Gasteiger charge is 2.25. The van der Waals surface area contributed by atoms with Crippen molar-refractivity contribution in [3.8, 4) is 5.75 Å². The van der Waals surface area contributed by atoms with Crippen molar-refractivity contribution in [3.05, 3.63) is 59.2 Å². The molecule has 1 aliphatic rings. The van der Waals surface area contributed by atoms with E-state index >= 15 is 0 Å². The minimum absolute atomic E-state index is 0.0538. The van der Waals surface area contributed by atoms with Gasteiger partial charge in [-0.1, -0.05) is 12.1 Å². The first-order valence-electron chi connectivity index (χ1n) is 8.03. The number of hydrogen-bond donors (Lipinski definition) is 0. The molecule has 0 bridgehead atoms. The van der Waals surface area contributed by atoms with Gasteiger partial charge in [-0.25, -0.2) is 4.79 Å². The van der Waals surface area contributed by atoms with E-state index in [1.165, 1.54) is 19.2 Å². The second-order valence-electron chi connectivity index (χ2n) is 5.83. The summed E-state index contributed by atoms with van der Waals surface area (Å²) < 4.78 is 33.3. The Hall–Kier alpha value is -2.96. The Morgan fingerprint density at radius 2 is 1.88 bits per heavy atom. The summed E-state index contributed by atoms with van der Waals surface area (Å²) in [6.07, 6.45) is 0.806. The zero-order valence-electron chi connectivity index (χ0n) is 14.1. The molecule has 0 radical (unpaired) electrons. The average molecular weight is 361 g/mol. The predicted octanol–water partition coefficient (Wildman–Crippen LogP) is 3.21. The Balaban J connectivity index is 1.70. The van der Waals surface area contributed by atoms with Crippen molar-refractivity contribution in [1.82, 2.24) is 0 Å². The first kappa shape index (κ1) is 17.8. The minimum atomic E-state index is -2.88. The van der Waals surface area contributed by atoms with Gasteiger partial charge in [-0.15, -0.1) is 0 Å². The van der Waals surface area contributed by atoms with Gasteiger partial charge in [0.2, 0.25) is 5.91 Å². The van der Waals surface area contributed by atoms with Gasteiger partial charge in [-0.2, -0.15) is 8.78 Å². The summed E-state index contributed by atoms with van der Waals surface area (Å²) in [6, 6.07) is 11.1. The molecule has 0 atom stereocenters. The highest BCUT2D eigenvalue weighted by Crippen LogP contribution is 2.30. The molecule has 0 N–H and O–H groups in total. The maximum atomic E-state index is 12.6. The van der Waals surface area contributed by atoms with Crippen LogP contribution in [0.5, 0.6) is 5.75 Å². The number of carbonyl (C=O) groups is 2. The van der Waals surface area contributed by atoms with Crippen LogP contribution in [-0.4, -0.2) is 32.1 Å². The summed E-state index contributed by atoms with van der Waals surface area (Å²) in [7, 11) is 1.32. The van der Waals surface area contributed by atoms with E-state index in [1.807, 2.05) is 0 Å². The molecule has 0 unspecified atom stereocenters. The number of methoxy groups -OCH3 is 1. The fraction of sp³-hybridized carbons (Fsp3) is 0.263. The van der Waals surface area contributed by atoms with Gasteiger partial charge < -0.3 is 14.4 Å². The van der Waals surface area contributed by atoms with E-state index in [1.54, 1.807) is 35.2 Å². The van der Waals surface area contributed by atoms with Gasteiger partial charge in [-0.05, 0) is 47.9 Å². The molecule has 0 saturated heterocycles. The second-order valence-corrected chi connectivity index (χ2v) is 5.83. The summed E-state index contributed by atoms with van der Waals surface area (Å²) >= 11 is 0. The lowest BCUT2D eigenvalue weighted by Crippen LogP contribution is -2.30. The second kappa shape index (κ2) is 7.51. The van der Waals surface area contributed by atoms with Crippen molar-refractivity contribution < 1.29 is 27.8 Å². The molecule has 1 aliphatic heterocycles. The molecule has 0 aliphatic carbocycles. The molecule has 1 amide bonds. The molecule has 5 nitrogen and oxygen atoms in total. The number of nitrogens with zero attached hydrogens (tertiary/aromatic N) is 1. The number of halogens is 2. The normalized spacial score (nSPS) is 12.8. The molecule has 0 aromatic heterocycles. The fourth-order valence-electron chi connectivity index (χ4n) is 2.96. The van der Waals surface area contributed by atoms with Crippen LogP contribution in [0, 0.1) is 0 Å². The van der Waals surface area contributed by atoms with Crippen molar-refractivity contribution in [2.45, 2.75) is 19.5 Å². The summed E-state index contributed by atoms with van der Waals surface area (Å²) in [5, 5.41) is 0. The average Bonchev–Trinajstić information content (AvgIpc) is 3.05. The van der Waals surface area contributed by atoms with E-state index < -0.39 is 12.6 Å². The van der Waals surface area contributed by atoms with Crippen molar-refractivity contribution in [1.29, 1.82) is 0 Å². The largest absolute Gasteiger partial charge is 0.465 e. The molecule has 0 spiro atoms. The van der Waals surface area contributed by atoms with Crippen LogP contribution in [0.3, 0.4) is 0 Å². The Kier molecular flexibility index (Phi) is 5.16. The summed E-state index contributed by atoms with van der Waals surface area (Å²) in [5.74, 6) is -0.459. The zero-order valence-corrected chi connectivity index (χ0v) is 14.1. The van der Waals surface area contributed by atoms with Gasteiger partial charge >= 0.3 is 12.6 Å². The molecule has 1 heterocycles. The third-order valence-electron chi connectivity index (χ3n) is 4.20. The Labute approximate surface area is 149 Å². The molecule has 0 fully saturated rings. The maximum Gasteiger partial charge on any atom is 0.387 e. The van der Waals surface area contributed by atoms with Crippen LogP contribution >= 0.6 is 0 Å². The number of anilines is 1. The van der Waals surface area contributed by atoms with Crippen molar-refractivity contribution in [3.63, 3.8) is 0 Å². The van der Waals surface area contributed by atoms with Gasteiger partial charge in [0.1, 0.15) is 5.75 Å². The predicted molar refractivity (Wildman–Crippen MR) is 90.6 cm³/mol. The van der Waals surface area contributed by atoms with Gasteiger partial charge in [0, 0.05) is 12.2 Å². The Morgan fingerprint density at radius 1 is 1.15 bits per heavy atom. The molecule has 26 heavy (non-hydrogen) atoms. The van der Waals surface area contributed by atoms with Crippen LogP contribution in [0.2, 0.25) is 0 Å². The standard InChI is InChI=1S/C19H17F2NO4/c1-25-18(24)14-4-7-16-13(11-14)8-9-22(16)17(23)10-12-2-5-15(6-3-12)26-19(20)21/h2-7,11,19H,8-10H2,1H3. The van der Waals surface area contributed by atoms with Crippen molar-refractivity contribution in [2.24, 2.45) is 0 Å². The van der Waals surface area contributed by atoms with Crippen LogP contribution in [0.25, 0.3) is 0 Å². The summed E-state index contributed by atoms with van der Waals surface area (Å²) in [6.45, 7) is -2.34. The number of ether oxygens (including phenoxy) is 2. The van der Waals surface area contributed by atoms with Gasteiger partial charge in [0.05, 0.1) is 19.1 Å². The van der Waals surface area contributed by atoms with E-state index in [2.05, 4.69) is 4.74 Å². The van der Waals surface area contributed by atoms with Crippen LogP contribution in [0.15, 0.2) is 42.5 Å². The van der Waals surface area contributed by atoms with E-state index in [0.29, 0.717) is 24.1 Å². The number of hydrogen-bond acceptors (Lipinski definition) is 4. The number of carbonyl (C=O) groups excluding carboxylic acids is 2. The monoisotopic (exact) mass is 361 g/mol. The van der Waals surface area contributed by atoms with Crippen molar-refractivity contribution >= 4 is 17.6 Å². The lowest BCUT2D eigenvalue weighted by atomic mass is 10.1.